The maximum Gasteiger partial charge on any atom is 0.316 e. The van der Waals surface area contributed by atoms with Crippen molar-refractivity contribution >= 4 is 28.3 Å². The van der Waals surface area contributed by atoms with E-state index in [9.17, 15) is 10.1 Å². The summed E-state index contributed by atoms with van der Waals surface area (Å²) >= 11 is 5.68. The van der Waals surface area contributed by atoms with Crippen LogP contribution in [0.25, 0.3) is 22.4 Å². The van der Waals surface area contributed by atoms with Crippen molar-refractivity contribution in [2.75, 3.05) is 0 Å². The SMILES string of the molecule is O=[N+]([O-])c1cnc(Cl)nc1-c1cc2ccccc2o1. The third-order valence-corrected chi connectivity index (χ3v) is 2.78. The summed E-state index contributed by atoms with van der Waals surface area (Å²) in [7, 11) is 0. The highest BCUT2D eigenvalue weighted by Gasteiger charge is 2.21. The van der Waals surface area contributed by atoms with E-state index in [4.69, 9.17) is 16.0 Å². The standard InChI is InChI=1S/C12H6ClN3O3/c13-12-14-6-8(16(17)18)11(15-12)10-5-7-3-1-2-4-9(7)19-10/h1-6H. The zero-order valence-corrected chi connectivity index (χ0v) is 10.2. The number of furan rings is 1. The predicted octanol–water partition coefficient (Wildman–Crippen LogP) is 3.45. The van der Waals surface area contributed by atoms with Gasteiger partial charge in [0.1, 0.15) is 11.8 Å². The Morgan fingerprint density at radius 3 is 2.84 bits per heavy atom. The number of hydrogen-bond donors (Lipinski definition) is 0. The van der Waals surface area contributed by atoms with Gasteiger partial charge >= 0.3 is 5.69 Å². The van der Waals surface area contributed by atoms with Gasteiger partial charge in [0, 0.05) is 5.39 Å². The Morgan fingerprint density at radius 1 is 1.32 bits per heavy atom. The van der Waals surface area contributed by atoms with Gasteiger partial charge in [-0.2, -0.15) is 0 Å². The van der Waals surface area contributed by atoms with Crippen LogP contribution in [0.3, 0.4) is 0 Å². The smallest absolute Gasteiger partial charge is 0.316 e. The van der Waals surface area contributed by atoms with E-state index in [-0.39, 0.29) is 22.4 Å². The highest BCUT2D eigenvalue weighted by Crippen LogP contribution is 2.32. The molecule has 0 spiro atoms. The van der Waals surface area contributed by atoms with E-state index < -0.39 is 4.92 Å². The quantitative estimate of drug-likeness (QED) is 0.406. The van der Waals surface area contributed by atoms with Gasteiger partial charge in [0.05, 0.1) is 4.92 Å². The first-order chi connectivity index (χ1) is 9.15. The second-order valence-electron chi connectivity index (χ2n) is 3.78. The van der Waals surface area contributed by atoms with Crippen LogP contribution in [-0.2, 0) is 0 Å². The first-order valence-corrected chi connectivity index (χ1v) is 5.69. The Hall–Kier alpha value is -2.47. The Labute approximate surface area is 111 Å². The lowest BCUT2D eigenvalue weighted by Gasteiger charge is -1.98. The number of nitro groups is 1. The molecule has 0 bridgehead atoms. The molecule has 7 heteroatoms. The summed E-state index contributed by atoms with van der Waals surface area (Å²) in [4.78, 5) is 17.9. The van der Waals surface area contributed by atoms with E-state index >= 15 is 0 Å². The van der Waals surface area contributed by atoms with Crippen LogP contribution >= 0.6 is 11.6 Å². The Kier molecular flexibility index (Phi) is 2.64. The second-order valence-corrected chi connectivity index (χ2v) is 4.12. The molecule has 3 aromatic rings. The normalized spacial score (nSPS) is 10.8. The summed E-state index contributed by atoms with van der Waals surface area (Å²) in [6, 6.07) is 8.96. The molecule has 3 rings (SSSR count). The molecule has 6 nitrogen and oxygen atoms in total. The van der Waals surface area contributed by atoms with Crippen molar-refractivity contribution < 1.29 is 9.34 Å². The molecule has 0 fully saturated rings. The van der Waals surface area contributed by atoms with E-state index in [0.717, 1.165) is 11.6 Å². The van der Waals surface area contributed by atoms with Crippen molar-refractivity contribution in [3.63, 3.8) is 0 Å². The zero-order chi connectivity index (χ0) is 13.4. The molecule has 0 saturated heterocycles. The third-order valence-electron chi connectivity index (χ3n) is 2.60. The molecule has 0 N–H and O–H groups in total. The van der Waals surface area contributed by atoms with Gasteiger partial charge in [0.15, 0.2) is 11.5 Å². The molecule has 19 heavy (non-hydrogen) atoms. The Balaban J connectivity index is 2.25. The van der Waals surface area contributed by atoms with Gasteiger partial charge in [-0.3, -0.25) is 10.1 Å². The molecule has 2 aromatic heterocycles. The van der Waals surface area contributed by atoms with Gasteiger partial charge in [-0.15, -0.1) is 0 Å². The molecule has 0 amide bonds. The first-order valence-electron chi connectivity index (χ1n) is 5.31. The number of para-hydroxylation sites is 1. The number of fused-ring (bicyclic) bond motifs is 1. The van der Waals surface area contributed by atoms with Crippen molar-refractivity contribution in [1.82, 2.24) is 9.97 Å². The predicted molar refractivity (Wildman–Crippen MR) is 68.9 cm³/mol. The lowest BCUT2D eigenvalue weighted by molar-refractivity contribution is -0.384. The van der Waals surface area contributed by atoms with Gasteiger partial charge in [-0.05, 0) is 23.7 Å². The highest BCUT2D eigenvalue weighted by molar-refractivity contribution is 6.28. The number of halogens is 1. The molecule has 0 aliphatic rings. The summed E-state index contributed by atoms with van der Waals surface area (Å²) in [6.45, 7) is 0. The van der Waals surface area contributed by atoms with E-state index in [0.29, 0.717) is 5.58 Å². The monoisotopic (exact) mass is 275 g/mol. The van der Waals surface area contributed by atoms with Crippen molar-refractivity contribution in [1.29, 1.82) is 0 Å². The van der Waals surface area contributed by atoms with Crippen molar-refractivity contribution in [3.05, 3.63) is 51.9 Å². The second kappa shape index (κ2) is 4.33. The van der Waals surface area contributed by atoms with E-state index in [1.165, 1.54) is 0 Å². The average Bonchev–Trinajstić information content (AvgIpc) is 2.81. The molecule has 2 heterocycles. The maximum absolute atomic E-state index is 11.0. The zero-order valence-electron chi connectivity index (χ0n) is 9.41. The molecular weight excluding hydrogens is 270 g/mol. The molecule has 1 aromatic carbocycles. The fraction of sp³-hybridized carbons (Fsp3) is 0. The van der Waals surface area contributed by atoms with Gasteiger partial charge in [-0.1, -0.05) is 18.2 Å². The van der Waals surface area contributed by atoms with Crippen molar-refractivity contribution in [3.8, 4) is 11.5 Å². The molecule has 0 aliphatic heterocycles. The van der Waals surface area contributed by atoms with Gasteiger partial charge in [0.2, 0.25) is 5.28 Å². The molecule has 0 atom stereocenters. The average molecular weight is 276 g/mol. The summed E-state index contributed by atoms with van der Waals surface area (Å²) in [5.74, 6) is 0.289. The van der Waals surface area contributed by atoms with Gasteiger partial charge < -0.3 is 4.42 Å². The number of benzene rings is 1. The summed E-state index contributed by atoms with van der Waals surface area (Å²) in [5, 5.41) is 11.7. The minimum Gasteiger partial charge on any atom is -0.454 e. The van der Waals surface area contributed by atoms with E-state index in [2.05, 4.69) is 9.97 Å². The van der Waals surface area contributed by atoms with E-state index in [1.54, 1.807) is 12.1 Å². The van der Waals surface area contributed by atoms with Crippen molar-refractivity contribution in [2.24, 2.45) is 0 Å². The van der Waals surface area contributed by atoms with Crippen LogP contribution in [0.5, 0.6) is 0 Å². The number of nitrogens with zero attached hydrogens (tertiary/aromatic N) is 3. The topological polar surface area (TPSA) is 82.1 Å². The third kappa shape index (κ3) is 2.02. The minimum atomic E-state index is -0.571. The highest BCUT2D eigenvalue weighted by atomic mass is 35.5. The minimum absolute atomic E-state index is 0.0685. The van der Waals surface area contributed by atoms with Crippen LogP contribution < -0.4 is 0 Å². The molecular formula is C12H6ClN3O3. The van der Waals surface area contributed by atoms with Crippen LogP contribution in [0.15, 0.2) is 40.9 Å². The molecule has 0 radical (unpaired) electrons. The van der Waals surface area contributed by atoms with Crippen LogP contribution in [0, 0.1) is 10.1 Å². The van der Waals surface area contributed by atoms with Crippen molar-refractivity contribution in [2.45, 2.75) is 0 Å². The van der Waals surface area contributed by atoms with Gasteiger partial charge in [0.25, 0.3) is 0 Å². The maximum atomic E-state index is 11.0. The molecule has 94 valence electrons. The van der Waals surface area contributed by atoms with E-state index in [1.807, 2.05) is 18.2 Å². The van der Waals surface area contributed by atoms with Crippen LogP contribution in [0.2, 0.25) is 5.28 Å². The number of aromatic nitrogens is 2. The first kappa shape index (κ1) is 11.6. The summed E-state index contributed by atoms with van der Waals surface area (Å²) in [6.07, 6.45) is 1.07. The lowest BCUT2D eigenvalue weighted by Crippen LogP contribution is -1.96. The molecule has 0 saturated carbocycles. The lowest BCUT2D eigenvalue weighted by atomic mass is 10.2. The Bertz CT molecular complexity index is 752. The summed E-state index contributed by atoms with van der Waals surface area (Å²) < 4.78 is 5.55. The van der Waals surface area contributed by atoms with Crippen LogP contribution in [0.4, 0.5) is 5.69 Å². The molecule has 0 aliphatic carbocycles. The number of rotatable bonds is 2. The number of hydrogen-bond acceptors (Lipinski definition) is 5. The largest absolute Gasteiger partial charge is 0.454 e. The Morgan fingerprint density at radius 2 is 2.11 bits per heavy atom. The fourth-order valence-corrected chi connectivity index (χ4v) is 1.90. The summed E-state index contributed by atoms with van der Waals surface area (Å²) in [5.41, 5.74) is 0.450. The molecule has 0 unspecified atom stereocenters. The van der Waals surface area contributed by atoms with Crippen LogP contribution in [0.1, 0.15) is 0 Å². The fourth-order valence-electron chi connectivity index (χ4n) is 1.77. The van der Waals surface area contributed by atoms with Gasteiger partial charge in [-0.25, -0.2) is 9.97 Å². The van der Waals surface area contributed by atoms with Crippen LogP contribution in [-0.4, -0.2) is 14.9 Å².